The minimum absolute atomic E-state index is 0.00514. The lowest BCUT2D eigenvalue weighted by Crippen LogP contribution is -2.53. The molecule has 214 valence electrons. The van der Waals surface area contributed by atoms with Crippen LogP contribution < -0.4 is 14.4 Å². The monoisotopic (exact) mass is 585 g/mol. The first-order chi connectivity index (χ1) is 19.1. The highest BCUT2D eigenvalue weighted by molar-refractivity contribution is 7.92. The van der Waals surface area contributed by atoms with E-state index in [2.05, 4.69) is 5.32 Å². The SMILES string of the molecule is CC[C@H](C)NC(=O)[C@@H](C)N(CCc1ccccc1)C(=O)CN(c1ccc(Cl)cc1)S(=O)(=O)c1ccc(OC)cc1. The molecule has 10 heteroatoms. The van der Waals surface area contributed by atoms with Crippen molar-refractivity contribution in [3.8, 4) is 5.75 Å². The summed E-state index contributed by atoms with van der Waals surface area (Å²) in [5.41, 5.74) is 1.27. The van der Waals surface area contributed by atoms with Crippen LogP contribution in [-0.4, -0.2) is 57.4 Å². The van der Waals surface area contributed by atoms with Gasteiger partial charge in [0.05, 0.1) is 17.7 Å². The van der Waals surface area contributed by atoms with Gasteiger partial charge in [-0.15, -0.1) is 0 Å². The summed E-state index contributed by atoms with van der Waals surface area (Å²) in [4.78, 5) is 28.4. The number of nitrogens with zero attached hydrogens (tertiary/aromatic N) is 2. The van der Waals surface area contributed by atoms with E-state index in [0.717, 1.165) is 16.3 Å². The Morgan fingerprint density at radius 1 is 0.950 bits per heavy atom. The van der Waals surface area contributed by atoms with E-state index in [4.69, 9.17) is 16.3 Å². The molecule has 0 bridgehead atoms. The van der Waals surface area contributed by atoms with E-state index in [9.17, 15) is 18.0 Å². The number of methoxy groups -OCH3 is 1. The average Bonchev–Trinajstić information content (AvgIpc) is 2.96. The van der Waals surface area contributed by atoms with Crippen molar-refractivity contribution in [1.82, 2.24) is 10.2 Å². The minimum atomic E-state index is -4.17. The average molecular weight is 586 g/mol. The summed E-state index contributed by atoms with van der Waals surface area (Å²) in [7, 11) is -2.68. The molecule has 3 aromatic rings. The number of carbonyl (C=O) groups is 2. The van der Waals surface area contributed by atoms with Crippen LogP contribution in [0, 0.1) is 0 Å². The number of benzene rings is 3. The van der Waals surface area contributed by atoms with Gasteiger partial charge in [-0.25, -0.2) is 8.42 Å². The molecular formula is C30H36ClN3O5S. The Bertz CT molecular complexity index is 1370. The van der Waals surface area contributed by atoms with Crippen molar-refractivity contribution in [3.05, 3.63) is 89.4 Å². The molecule has 0 aromatic heterocycles. The maximum Gasteiger partial charge on any atom is 0.264 e. The largest absolute Gasteiger partial charge is 0.497 e. The van der Waals surface area contributed by atoms with Crippen molar-refractivity contribution in [2.45, 2.75) is 50.6 Å². The van der Waals surface area contributed by atoms with Crippen LogP contribution in [-0.2, 0) is 26.0 Å². The van der Waals surface area contributed by atoms with Gasteiger partial charge in [0.15, 0.2) is 0 Å². The third-order valence-corrected chi connectivity index (χ3v) is 8.73. The van der Waals surface area contributed by atoms with E-state index in [1.807, 2.05) is 44.2 Å². The van der Waals surface area contributed by atoms with Gasteiger partial charge in [-0.05, 0) is 80.8 Å². The van der Waals surface area contributed by atoms with Crippen molar-refractivity contribution in [2.75, 3.05) is 24.5 Å². The fourth-order valence-electron chi connectivity index (χ4n) is 4.05. The first kappa shape index (κ1) is 31.0. The van der Waals surface area contributed by atoms with E-state index < -0.39 is 28.5 Å². The minimum Gasteiger partial charge on any atom is -0.497 e. The molecule has 0 radical (unpaired) electrons. The summed E-state index contributed by atoms with van der Waals surface area (Å²) in [6.45, 7) is 5.23. The summed E-state index contributed by atoms with van der Waals surface area (Å²) in [6.07, 6.45) is 1.24. The molecule has 1 N–H and O–H groups in total. The second-order valence-electron chi connectivity index (χ2n) is 9.48. The number of carbonyl (C=O) groups excluding carboxylic acids is 2. The number of hydrogen-bond acceptors (Lipinski definition) is 5. The van der Waals surface area contributed by atoms with Crippen molar-refractivity contribution in [3.63, 3.8) is 0 Å². The molecule has 0 aliphatic rings. The Morgan fingerprint density at radius 3 is 2.15 bits per heavy atom. The lowest BCUT2D eigenvalue weighted by Gasteiger charge is -2.32. The van der Waals surface area contributed by atoms with E-state index in [1.165, 1.54) is 24.1 Å². The first-order valence-electron chi connectivity index (χ1n) is 13.1. The van der Waals surface area contributed by atoms with E-state index in [0.29, 0.717) is 17.2 Å². The highest BCUT2D eigenvalue weighted by atomic mass is 35.5. The Hall–Kier alpha value is -3.56. The van der Waals surface area contributed by atoms with Crippen LogP contribution in [0.15, 0.2) is 83.8 Å². The Labute approximate surface area is 241 Å². The molecule has 0 fully saturated rings. The zero-order valence-corrected chi connectivity index (χ0v) is 24.8. The van der Waals surface area contributed by atoms with Gasteiger partial charge in [-0.3, -0.25) is 13.9 Å². The zero-order valence-electron chi connectivity index (χ0n) is 23.2. The predicted octanol–water partition coefficient (Wildman–Crippen LogP) is 4.92. The van der Waals surface area contributed by atoms with Gasteiger partial charge >= 0.3 is 0 Å². The molecule has 0 saturated carbocycles. The molecule has 0 aliphatic heterocycles. The van der Waals surface area contributed by atoms with Crippen LogP contribution in [0.3, 0.4) is 0 Å². The number of rotatable bonds is 13. The Balaban J connectivity index is 1.97. The number of nitrogens with one attached hydrogen (secondary N) is 1. The molecule has 3 aromatic carbocycles. The van der Waals surface area contributed by atoms with Crippen molar-refractivity contribution < 1.29 is 22.7 Å². The first-order valence-corrected chi connectivity index (χ1v) is 14.9. The lowest BCUT2D eigenvalue weighted by molar-refractivity contribution is -0.139. The van der Waals surface area contributed by atoms with E-state index >= 15 is 0 Å². The van der Waals surface area contributed by atoms with E-state index in [-0.39, 0.29) is 29.1 Å². The maximum atomic E-state index is 13.9. The van der Waals surface area contributed by atoms with Gasteiger partial charge in [0.25, 0.3) is 10.0 Å². The van der Waals surface area contributed by atoms with Gasteiger partial charge < -0.3 is 15.0 Å². The van der Waals surface area contributed by atoms with Crippen LogP contribution in [0.2, 0.25) is 5.02 Å². The highest BCUT2D eigenvalue weighted by Crippen LogP contribution is 2.27. The summed E-state index contributed by atoms with van der Waals surface area (Å²) in [6, 6.07) is 20.9. The molecule has 0 saturated heterocycles. The van der Waals surface area contributed by atoms with Crippen molar-refractivity contribution in [2.24, 2.45) is 0 Å². The molecule has 3 rings (SSSR count). The fraction of sp³-hybridized carbons (Fsp3) is 0.333. The topological polar surface area (TPSA) is 96.0 Å². The molecule has 0 spiro atoms. The van der Waals surface area contributed by atoms with Gasteiger partial charge in [0, 0.05) is 17.6 Å². The summed E-state index contributed by atoms with van der Waals surface area (Å²) < 4.78 is 33.9. The number of anilines is 1. The molecule has 0 unspecified atom stereocenters. The normalized spacial score (nSPS) is 12.7. The second kappa shape index (κ2) is 14.2. The third-order valence-electron chi connectivity index (χ3n) is 6.69. The van der Waals surface area contributed by atoms with Crippen LogP contribution in [0.4, 0.5) is 5.69 Å². The van der Waals surface area contributed by atoms with E-state index in [1.54, 1.807) is 43.3 Å². The Morgan fingerprint density at radius 2 is 1.57 bits per heavy atom. The molecular weight excluding hydrogens is 550 g/mol. The van der Waals surface area contributed by atoms with Crippen LogP contribution >= 0.6 is 11.6 Å². The van der Waals surface area contributed by atoms with Gasteiger partial charge in [0.1, 0.15) is 18.3 Å². The quantitative estimate of drug-likeness (QED) is 0.307. The number of hydrogen-bond donors (Lipinski definition) is 1. The molecule has 2 atom stereocenters. The number of halogens is 1. The third kappa shape index (κ3) is 7.99. The zero-order chi connectivity index (χ0) is 29.3. The van der Waals surface area contributed by atoms with Gasteiger partial charge in [-0.2, -0.15) is 0 Å². The van der Waals surface area contributed by atoms with Crippen LogP contribution in [0.5, 0.6) is 5.75 Å². The lowest BCUT2D eigenvalue weighted by atomic mass is 10.1. The molecule has 40 heavy (non-hydrogen) atoms. The number of ether oxygens (including phenoxy) is 1. The smallest absolute Gasteiger partial charge is 0.264 e. The summed E-state index contributed by atoms with van der Waals surface area (Å²) in [5, 5.41) is 3.36. The molecule has 8 nitrogen and oxygen atoms in total. The van der Waals surface area contributed by atoms with Crippen LogP contribution in [0.25, 0.3) is 0 Å². The van der Waals surface area contributed by atoms with Crippen molar-refractivity contribution in [1.29, 1.82) is 0 Å². The van der Waals surface area contributed by atoms with Crippen LogP contribution in [0.1, 0.15) is 32.8 Å². The summed E-state index contributed by atoms with van der Waals surface area (Å²) >= 11 is 6.06. The molecule has 0 heterocycles. The van der Waals surface area contributed by atoms with Crippen molar-refractivity contribution >= 4 is 39.1 Å². The molecule has 2 amide bonds. The molecule has 0 aliphatic carbocycles. The van der Waals surface area contributed by atoms with Gasteiger partial charge in [-0.1, -0.05) is 48.9 Å². The number of sulfonamides is 1. The maximum absolute atomic E-state index is 13.9. The number of amides is 2. The predicted molar refractivity (Wildman–Crippen MR) is 158 cm³/mol. The summed E-state index contributed by atoms with van der Waals surface area (Å²) in [5.74, 6) is -0.303. The Kier molecular flexibility index (Phi) is 11.0. The van der Waals surface area contributed by atoms with Gasteiger partial charge in [0.2, 0.25) is 11.8 Å². The fourth-order valence-corrected chi connectivity index (χ4v) is 5.59. The second-order valence-corrected chi connectivity index (χ2v) is 11.8. The highest BCUT2D eigenvalue weighted by Gasteiger charge is 2.32. The standard InChI is InChI=1S/C30H36ClN3O5S/c1-5-22(2)32-30(36)23(3)33(20-19-24-9-7-6-8-10-24)29(35)21-34(26-13-11-25(31)12-14-26)40(37,38)28-17-15-27(39-4)16-18-28/h6-18,22-23H,5,19-21H2,1-4H3,(H,32,36)/t22-,23+/m0/s1.